The fraction of sp³-hybridized carbons (Fsp3) is 0.361. The Labute approximate surface area is 274 Å². The number of likely N-dealkylation sites (N-methyl/N-ethyl adjacent to an activating group) is 1. The van der Waals surface area contributed by atoms with Crippen LogP contribution in [0.25, 0.3) is 22.2 Å². The van der Waals surface area contributed by atoms with Crippen molar-refractivity contribution in [2.75, 3.05) is 45.0 Å². The predicted molar refractivity (Wildman–Crippen MR) is 180 cm³/mol. The number of hydrogen-bond acceptors (Lipinski definition) is 8. The lowest BCUT2D eigenvalue weighted by Gasteiger charge is -2.42. The minimum atomic E-state index is -0.648. The third-order valence-electron chi connectivity index (χ3n) is 9.15. The molecule has 0 saturated carbocycles. The summed E-state index contributed by atoms with van der Waals surface area (Å²) in [5, 5.41) is 15.9. The van der Waals surface area contributed by atoms with Gasteiger partial charge in [-0.3, -0.25) is 19.2 Å². The molecule has 2 aromatic heterocycles. The van der Waals surface area contributed by atoms with Gasteiger partial charge in [0.15, 0.2) is 0 Å². The van der Waals surface area contributed by atoms with E-state index in [1.165, 1.54) is 0 Å². The zero-order valence-corrected chi connectivity index (χ0v) is 27.1. The SMILES string of the molecule is CCN1CCN(C(C)(C)C=C(C#N)C(=O)N2CCCC(n3nc(-c4ccc(Oc5ccccc5)cc4)c4c(N)nccc43)C2)CC1=O. The molecular weight excluding hydrogens is 592 g/mol. The number of anilines is 1. The number of carbonyl (C=O) groups is 2. The number of aromatic nitrogens is 3. The Morgan fingerprint density at radius 2 is 1.83 bits per heavy atom. The number of carbonyl (C=O) groups excluding carboxylic acids is 2. The van der Waals surface area contributed by atoms with Gasteiger partial charge in [0.1, 0.15) is 34.7 Å². The number of pyridine rings is 1. The number of benzene rings is 2. The molecule has 2 fully saturated rings. The third kappa shape index (κ3) is 6.55. The van der Waals surface area contributed by atoms with Crippen molar-refractivity contribution >= 4 is 28.5 Å². The molecule has 2 saturated heterocycles. The summed E-state index contributed by atoms with van der Waals surface area (Å²) in [6.45, 7) is 9.03. The van der Waals surface area contributed by atoms with Crippen LogP contribution in [0.1, 0.15) is 39.7 Å². The highest BCUT2D eigenvalue weighted by Crippen LogP contribution is 2.36. The lowest BCUT2D eigenvalue weighted by atomic mass is 9.96. The van der Waals surface area contributed by atoms with Crippen LogP contribution in [0.5, 0.6) is 11.5 Å². The fourth-order valence-electron chi connectivity index (χ4n) is 6.53. The van der Waals surface area contributed by atoms with Gasteiger partial charge in [-0.2, -0.15) is 10.4 Å². The summed E-state index contributed by atoms with van der Waals surface area (Å²) in [7, 11) is 0. The molecule has 2 N–H and O–H groups in total. The Morgan fingerprint density at radius 3 is 2.53 bits per heavy atom. The molecule has 1 atom stereocenters. The van der Waals surface area contributed by atoms with Crippen LogP contribution in [0.15, 0.2) is 78.5 Å². The molecule has 0 spiro atoms. The lowest BCUT2D eigenvalue weighted by molar-refractivity contribution is -0.137. The van der Waals surface area contributed by atoms with Crippen molar-refractivity contribution < 1.29 is 14.3 Å². The smallest absolute Gasteiger partial charge is 0.264 e. The van der Waals surface area contributed by atoms with Crippen molar-refractivity contribution in [1.82, 2.24) is 29.5 Å². The minimum Gasteiger partial charge on any atom is -0.457 e. The van der Waals surface area contributed by atoms with Crippen LogP contribution >= 0.6 is 0 Å². The minimum absolute atomic E-state index is 0.0575. The summed E-state index contributed by atoms with van der Waals surface area (Å²) in [6, 6.07) is 21.2. The first-order valence-corrected chi connectivity index (χ1v) is 16.1. The van der Waals surface area contributed by atoms with Crippen LogP contribution < -0.4 is 10.5 Å². The van der Waals surface area contributed by atoms with Gasteiger partial charge < -0.3 is 20.3 Å². The van der Waals surface area contributed by atoms with Gasteiger partial charge in [-0.1, -0.05) is 18.2 Å². The van der Waals surface area contributed by atoms with Crippen molar-refractivity contribution in [3.8, 4) is 28.8 Å². The number of nitrogens with two attached hydrogens (primary N) is 1. The summed E-state index contributed by atoms with van der Waals surface area (Å²) in [6.07, 6.45) is 4.96. The molecule has 2 aliphatic heterocycles. The van der Waals surface area contributed by atoms with Crippen molar-refractivity contribution in [1.29, 1.82) is 5.26 Å². The maximum absolute atomic E-state index is 13.8. The molecule has 2 amide bonds. The van der Waals surface area contributed by atoms with Crippen molar-refractivity contribution in [3.63, 3.8) is 0 Å². The van der Waals surface area contributed by atoms with Gasteiger partial charge in [-0.15, -0.1) is 0 Å². The van der Waals surface area contributed by atoms with Gasteiger partial charge in [-0.25, -0.2) is 4.98 Å². The molecule has 2 aromatic carbocycles. The monoisotopic (exact) mass is 632 g/mol. The number of nitrogens with zero attached hydrogens (tertiary/aromatic N) is 7. The normalized spacial score (nSPS) is 18.0. The average molecular weight is 633 g/mol. The average Bonchev–Trinajstić information content (AvgIpc) is 3.49. The lowest BCUT2D eigenvalue weighted by Crippen LogP contribution is -2.56. The zero-order valence-electron chi connectivity index (χ0n) is 27.1. The van der Waals surface area contributed by atoms with Crippen LogP contribution in [0.2, 0.25) is 0 Å². The van der Waals surface area contributed by atoms with E-state index in [0.29, 0.717) is 50.0 Å². The molecule has 11 heteroatoms. The second-order valence-corrected chi connectivity index (χ2v) is 12.6. The Balaban J connectivity index is 1.24. The van der Waals surface area contributed by atoms with E-state index < -0.39 is 5.54 Å². The van der Waals surface area contributed by atoms with Crippen LogP contribution in [0.4, 0.5) is 5.82 Å². The molecule has 1 unspecified atom stereocenters. The summed E-state index contributed by atoms with van der Waals surface area (Å²) < 4.78 is 7.93. The number of rotatable bonds is 8. The van der Waals surface area contributed by atoms with Crippen molar-refractivity contribution in [2.45, 2.75) is 45.2 Å². The first kappa shape index (κ1) is 31.8. The Hall–Kier alpha value is -5.21. The number of nitrogen functional groups attached to an aromatic ring is 1. The van der Waals surface area contributed by atoms with E-state index in [2.05, 4.69) is 11.1 Å². The van der Waals surface area contributed by atoms with Gasteiger partial charge in [0.25, 0.3) is 5.91 Å². The van der Waals surface area contributed by atoms with E-state index in [-0.39, 0.29) is 30.0 Å². The second-order valence-electron chi connectivity index (χ2n) is 12.6. The van der Waals surface area contributed by atoms with E-state index in [4.69, 9.17) is 15.6 Å². The van der Waals surface area contributed by atoms with E-state index in [9.17, 15) is 14.9 Å². The molecular formula is C36H40N8O3. The van der Waals surface area contributed by atoms with E-state index in [1.807, 2.05) is 95.9 Å². The summed E-state index contributed by atoms with van der Waals surface area (Å²) in [4.78, 5) is 36.3. The van der Waals surface area contributed by atoms with Crippen molar-refractivity contribution in [2.24, 2.45) is 0 Å². The quantitative estimate of drug-likeness (QED) is 0.211. The molecule has 0 bridgehead atoms. The van der Waals surface area contributed by atoms with E-state index >= 15 is 0 Å². The maximum Gasteiger partial charge on any atom is 0.264 e. The van der Waals surface area contributed by atoms with E-state index in [0.717, 1.165) is 35.1 Å². The number of para-hydroxylation sites is 1. The highest BCUT2D eigenvalue weighted by Gasteiger charge is 2.35. The summed E-state index contributed by atoms with van der Waals surface area (Å²) in [5.41, 5.74) is 8.27. The summed E-state index contributed by atoms with van der Waals surface area (Å²) >= 11 is 0. The standard InChI is InChI=1S/C36H40N8O3/c1-4-41-19-20-43(24-31(41)45)36(2,3)21-26(22-37)35(46)42-18-8-9-27(23-42)44-30-16-17-39-34(38)32(30)33(40-44)25-12-14-29(15-13-25)47-28-10-6-5-7-11-28/h5-7,10-17,21,27H,4,8-9,18-20,23-24H2,1-3H3,(H2,38,39). The third-order valence-corrected chi connectivity index (χ3v) is 9.15. The number of ether oxygens (including phenoxy) is 1. The van der Waals surface area contributed by atoms with Crippen LogP contribution in [0.3, 0.4) is 0 Å². The van der Waals surface area contributed by atoms with Gasteiger partial charge in [-0.05, 0) is 82.2 Å². The van der Waals surface area contributed by atoms with Crippen molar-refractivity contribution in [3.05, 3.63) is 78.5 Å². The number of piperazine rings is 1. The Kier molecular flexibility index (Phi) is 8.96. The highest BCUT2D eigenvalue weighted by molar-refractivity contribution is 6.00. The molecule has 242 valence electrons. The van der Waals surface area contributed by atoms with E-state index in [1.54, 1.807) is 17.2 Å². The fourth-order valence-corrected chi connectivity index (χ4v) is 6.53. The summed E-state index contributed by atoms with van der Waals surface area (Å²) in [5.74, 6) is 1.59. The topological polar surface area (TPSA) is 134 Å². The maximum atomic E-state index is 13.8. The largest absolute Gasteiger partial charge is 0.457 e. The van der Waals surface area contributed by atoms with Gasteiger partial charge in [0, 0.05) is 50.0 Å². The van der Waals surface area contributed by atoms with Gasteiger partial charge in [0.2, 0.25) is 5.91 Å². The van der Waals surface area contributed by atoms with Gasteiger partial charge in [0.05, 0.1) is 23.5 Å². The zero-order chi connectivity index (χ0) is 33.1. The Morgan fingerprint density at radius 1 is 1.09 bits per heavy atom. The molecule has 4 aromatic rings. The van der Waals surface area contributed by atoms with Gasteiger partial charge >= 0.3 is 0 Å². The number of piperidine rings is 1. The highest BCUT2D eigenvalue weighted by atomic mass is 16.5. The second kappa shape index (κ2) is 13.3. The van der Waals surface area contributed by atoms with Crippen LogP contribution in [-0.2, 0) is 9.59 Å². The Bertz CT molecular complexity index is 1840. The number of likely N-dealkylation sites (tertiary alicyclic amines) is 1. The molecule has 47 heavy (non-hydrogen) atoms. The van der Waals surface area contributed by atoms with Crippen LogP contribution in [0, 0.1) is 11.3 Å². The number of nitriles is 1. The molecule has 4 heterocycles. The molecule has 6 rings (SSSR count). The number of amides is 2. The van der Waals surface area contributed by atoms with Crippen LogP contribution in [-0.4, -0.2) is 86.1 Å². The number of fused-ring (bicyclic) bond motifs is 1. The first-order chi connectivity index (χ1) is 22.7. The number of hydrogen-bond donors (Lipinski definition) is 1. The first-order valence-electron chi connectivity index (χ1n) is 16.1. The predicted octanol–water partition coefficient (Wildman–Crippen LogP) is 5.03. The molecule has 0 radical (unpaired) electrons. The molecule has 2 aliphatic rings. The molecule has 0 aliphatic carbocycles. The molecule has 11 nitrogen and oxygen atoms in total.